The van der Waals surface area contributed by atoms with Crippen LogP contribution in [0, 0.1) is 5.92 Å². The number of amides is 2. The highest BCUT2D eigenvalue weighted by molar-refractivity contribution is 5.75. The zero-order valence-corrected chi connectivity index (χ0v) is 13.0. The summed E-state index contributed by atoms with van der Waals surface area (Å²) in [6, 6.07) is 0.236. The highest BCUT2D eigenvalue weighted by Crippen LogP contribution is 2.26. The molecule has 2 aliphatic rings. The first-order chi connectivity index (χ1) is 10.0. The summed E-state index contributed by atoms with van der Waals surface area (Å²) in [7, 11) is 2.10. The first-order valence-electron chi connectivity index (χ1n) is 7.99. The van der Waals surface area contributed by atoms with E-state index in [1.165, 1.54) is 0 Å². The second kappa shape index (κ2) is 7.11. The molecule has 1 aliphatic carbocycles. The summed E-state index contributed by atoms with van der Waals surface area (Å²) < 4.78 is 0. The van der Waals surface area contributed by atoms with Gasteiger partial charge >= 0.3 is 12.0 Å². The third-order valence-corrected chi connectivity index (χ3v) is 4.74. The van der Waals surface area contributed by atoms with Gasteiger partial charge in [-0.1, -0.05) is 6.92 Å². The number of nitrogens with zero attached hydrogens (tertiary/aromatic N) is 2. The molecule has 6 heteroatoms. The molecule has 2 fully saturated rings. The molecule has 1 saturated heterocycles. The standard InChI is InChI=1S/C15H27N3O3/c1-3-13-10-17(2)7-4-8-18(13)15(21)16-12-6-5-11(9-12)14(19)20/h11-13H,3-10H2,1-2H3,(H,16,21)(H,19,20)/t11-,12+,13?/m1/s1. The highest BCUT2D eigenvalue weighted by Gasteiger charge is 2.33. The van der Waals surface area contributed by atoms with Crippen molar-refractivity contribution in [3.8, 4) is 0 Å². The monoisotopic (exact) mass is 297 g/mol. The van der Waals surface area contributed by atoms with Crippen molar-refractivity contribution >= 4 is 12.0 Å². The van der Waals surface area contributed by atoms with Crippen molar-refractivity contribution in [2.75, 3.05) is 26.7 Å². The number of carbonyl (C=O) groups excluding carboxylic acids is 1. The zero-order chi connectivity index (χ0) is 15.4. The number of hydrogen-bond acceptors (Lipinski definition) is 3. The Hall–Kier alpha value is -1.30. The summed E-state index contributed by atoms with van der Waals surface area (Å²) >= 11 is 0. The van der Waals surface area contributed by atoms with E-state index in [4.69, 9.17) is 5.11 Å². The third kappa shape index (κ3) is 4.09. The molecule has 1 saturated carbocycles. The minimum atomic E-state index is -0.741. The quantitative estimate of drug-likeness (QED) is 0.825. The third-order valence-electron chi connectivity index (χ3n) is 4.74. The number of rotatable bonds is 3. The lowest BCUT2D eigenvalue weighted by molar-refractivity contribution is -0.141. The Kier molecular flexibility index (Phi) is 5.45. The van der Waals surface area contributed by atoms with Gasteiger partial charge in [-0.15, -0.1) is 0 Å². The average Bonchev–Trinajstić information content (AvgIpc) is 2.81. The van der Waals surface area contributed by atoms with Crippen molar-refractivity contribution < 1.29 is 14.7 Å². The molecule has 6 nitrogen and oxygen atoms in total. The van der Waals surface area contributed by atoms with Gasteiger partial charge in [0.25, 0.3) is 0 Å². The van der Waals surface area contributed by atoms with E-state index >= 15 is 0 Å². The van der Waals surface area contributed by atoms with E-state index in [9.17, 15) is 9.59 Å². The van der Waals surface area contributed by atoms with Gasteiger partial charge in [0.15, 0.2) is 0 Å². The Balaban J connectivity index is 1.91. The van der Waals surface area contributed by atoms with E-state index in [-0.39, 0.29) is 24.0 Å². The molecule has 0 radical (unpaired) electrons. The molecule has 2 N–H and O–H groups in total. The van der Waals surface area contributed by atoms with Crippen LogP contribution in [-0.2, 0) is 4.79 Å². The summed E-state index contributed by atoms with van der Waals surface area (Å²) in [6.07, 6.45) is 3.93. The van der Waals surface area contributed by atoms with E-state index in [0.717, 1.165) is 38.9 Å². The minimum Gasteiger partial charge on any atom is -0.481 e. The number of carboxylic acid groups (broad SMARTS) is 1. The summed E-state index contributed by atoms with van der Waals surface area (Å²) in [5.74, 6) is -1.04. The van der Waals surface area contributed by atoms with Gasteiger partial charge in [0.1, 0.15) is 0 Å². The molecule has 3 atom stereocenters. The smallest absolute Gasteiger partial charge is 0.317 e. The lowest BCUT2D eigenvalue weighted by Crippen LogP contribution is -2.50. The molecule has 21 heavy (non-hydrogen) atoms. The predicted octanol–water partition coefficient (Wildman–Crippen LogP) is 1.37. The molecule has 1 unspecified atom stereocenters. The van der Waals surface area contributed by atoms with Crippen molar-refractivity contribution in [1.29, 1.82) is 0 Å². The van der Waals surface area contributed by atoms with Gasteiger partial charge in [-0.25, -0.2) is 4.79 Å². The molecular formula is C15H27N3O3. The fourth-order valence-electron chi connectivity index (χ4n) is 3.45. The van der Waals surface area contributed by atoms with Gasteiger partial charge in [-0.05, 0) is 45.7 Å². The number of likely N-dealkylation sites (N-methyl/N-ethyl adjacent to an activating group) is 1. The number of aliphatic carboxylic acids is 1. The topological polar surface area (TPSA) is 72.9 Å². The van der Waals surface area contributed by atoms with E-state index < -0.39 is 5.97 Å². The maximum absolute atomic E-state index is 12.5. The molecule has 1 aliphatic heterocycles. The summed E-state index contributed by atoms with van der Waals surface area (Å²) in [5.41, 5.74) is 0. The van der Waals surface area contributed by atoms with Crippen LogP contribution in [0.3, 0.4) is 0 Å². The first kappa shape index (κ1) is 16.1. The van der Waals surface area contributed by atoms with E-state index in [0.29, 0.717) is 12.8 Å². The Morgan fingerprint density at radius 3 is 2.67 bits per heavy atom. The van der Waals surface area contributed by atoms with Gasteiger partial charge in [0.2, 0.25) is 0 Å². The normalized spacial score (nSPS) is 31.0. The van der Waals surface area contributed by atoms with Crippen LogP contribution in [0.15, 0.2) is 0 Å². The van der Waals surface area contributed by atoms with Crippen LogP contribution in [0.5, 0.6) is 0 Å². The van der Waals surface area contributed by atoms with Crippen molar-refractivity contribution in [3.63, 3.8) is 0 Å². The fourth-order valence-corrected chi connectivity index (χ4v) is 3.45. The van der Waals surface area contributed by atoms with Gasteiger partial charge in [0.05, 0.1) is 5.92 Å². The van der Waals surface area contributed by atoms with Crippen LogP contribution in [0.4, 0.5) is 4.79 Å². The highest BCUT2D eigenvalue weighted by atomic mass is 16.4. The minimum absolute atomic E-state index is 0.0112. The molecule has 120 valence electrons. The zero-order valence-electron chi connectivity index (χ0n) is 13.0. The summed E-state index contributed by atoms with van der Waals surface area (Å²) in [4.78, 5) is 27.7. The molecule has 2 rings (SSSR count). The van der Waals surface area contributed by atoms with Gasteiger partial charge in [0, 0.05) is 25.2 Å². The van der Waals surface area contributed by atoms with E-state index in [1.807, 2.05) is 4.90 Å². The number of carbonyl (C=O) groups is 2. The first-order valence-corrected chi connectivity index (χ1v) is 7.99. The van der Waals surface area contributed by atoms with Gasteiger partial charge < -0.3 is 20.2 Å². The van der Waals surface area contributed by atoms with Crippen LogP contribution in [0.1, 0.15) is 39.0 Å². The Morgan fingerprint density at radius 2 is 2.05 bits per heavy atom. The molecule has 0 aromatic rings. The lowest BCUT2D eigenvalue weighted by atomic mass is 10.1. The van der Waals surface area contributed by atoms with E-state index in [2.05, 4.69) is 24.2 Å². The van der Waals surface area contributed by atoms with Crippen LogP contribution in [0.25, 0.3) is 0 Å². The molecule has 0 bridgehead atoms. The van der Waals surface area contributed by atoms with Gasteiger partial charge in [-0.3, -0.25) is 4.79 Å². The second-order valence-electron chi connectivity index (χ2n) is 6.37. The molecular weight excluding hydrogens is 270 g/mol. The molecule has 0 aromatic heterocycles. The van der Waals surface area contributed by atoms with Crippen LogP contribution < -0.4 is 5.32 Å². The Labute approximate surface area is 126 Å². The molecule has 0 aromatic carbocycles. The summed E-state index contributed by atoms with van der Waals surface area (Å²) in [6.45, 7) is 4.82. The number of hydrogen-bond donors (Lipinski definition) is 2. The number of urea groups is 1. The van der Waals surface area contributed by atoms with Crippen molar-refractivity contribution in [2.24, 2.45) is 5.92 Å². The molecule has 0 spiro atoms. The number of carboxylic acids is 1. The van der Waals surface area contributed by atoms with Crippen LogP contribution in [0.2, 0.25) is 0 Å². The van der Waals surface area contributed by atoms with Crippen molar-refractivity contribution in [2.45, 2.75) is 51.1 Å². The Morgan fingerprint density at radius 1 is 1.29 bits per heavy atom. The second-order valence-corrected chi connectivity index (χ2v) is 6.37. The maximum atomic E-state index is 12.5. The molecule has 1 heterocycles. The van der Waals surface area contributed by atoms with Crippen LogP contribution in [-0.4, -0.2) is 65.7 Å². The Bertz CT molecular complexity index is 388. The van der Waals surface area contributed by atoms with Crippen molar-refractivity contribution in [3.05, 3.63) is 0 Å². The predicted molar refractivity (Wildman–Crippen MR) is 80.2 cm³/mol. The fraction of sp³-hybridized carbons (Fsp3) is 0.867. The summed E-state index contributed by atoms with van der Waals surface area (Å²) in [5, 5.41) is 12.1. The molecule has 2 amide bonds. The number of nitrogens with one attached hydrogen (secondary N) is 1. The van der Waals surface area contributed by atoms with E-state index in [1.54, 1.807) is 0 Å². The average molecular weight is 297 g/mol. The van der Waals surface area contributed by atoms with Crippen molar-refractivity contribution in [1.82, 2.24) is 15.1 Å². The largest absolute Gasteiger partial charge is 0.481 e. The van der Waals surface area contributed by atoms with Crippen LogP contribution >= 0.6 is 0 Å². The van der Waals surface area contributed by atoms with Gasteiger partial charge in [-0.2, -0.15) is 0 Å². The SMILES string of the molecule is CCC1CN(C)CCCN1C(=O)N[C@H]1CC[C@@H](C(=O)O)C1. The lowest BCUT2D eigenvalue weighted by Gasteiger charge is -2.31. The maximum Gasteiger partial charge on any atom is 0.317 e.